The number of carboxylic acids is 1. The molecule has 0 radical (unpaired) electrons. The van der Waals surface area contributed by atoms with Crippen LogP contribution >= 0.6 is 0 Å². The monoisotopic (exact) mass is 266 g/mol. The van der Waals surface area contributed by atoms with E-state index in [1.165, 1.54) is 12.1 Å². The van der Waals surface area contributed by atoms with E-state index in [1.807, 2.05) is 11.8 Å². The fourth-order valence-corrected chi connectivity index (χ4v) is 2.03. The van der Waals surface area contributed by atoms with Crippen molar-refractivity contribution in [2.75, 3.05) is 18.0 Å². The second-order valence-electron chi connectivity index (χ2n) is 4.85. The number of carbonyl (C=O) groups is 1. The van der Waals surface area contributed by atoms with Crippen LogP contribution in [0.3, 0.4) is 0 Å². The number of nitrogens with zero attached hydrogens (tertiary/aromatic N) is 1. The molecular weight excluding hydrogens is 247 g/mol. The average molecular weight is 266 g/mol. The highest BCUT2D eigenvalue weighted by atomic mass is 19.1. The van der Waals surface area contributed by atoms with Gasteiger partial charge in [-0.05, 0) is 44.0 Å². The summed E-state index contributed by atoms with van der Waals surface area (Å²) < 4.78 is 12.9. The molecule has 0 saturated heterocycles. The molecular formula is C14H19FN2O2. The average Bonchev–Trinajstić information content (AvgIpc) is 3.19. The summed E-state index contributed by atoms with van der Waals surface area (Å²) in [6.07, 6.45) is 2.10. The maximum atomic E-state index is 12.9. The van der Waals surface area contributed by atoms with Crippen molar-refractivity contribution in [2.24, 2.45) is 0 Å². The Labute approximate surface area is 112 Å². The lowest BCUT2D eigenvalue weighted by Gasteiger charge is -2.27. The van der Waals surface area contributed by atoms with Crippen LogP contribution in [0.1, 0.15) is 19.8 Å². The zero-order valence-electron chi connectivity index (χ0n) is 11.0. The molecule has 0 spiro atoms. The number of likely N-dealkylation sites (N-methyl/N-ethyl adjacent to an activating group) is 1. The van der Waals surface area contributed by atoms with Crippen molar-refractivity contribution in [1.29, 1.82) is 0 Å². The lowest BCUT2D eigenvalue weighted by atomic mass is 10.2. The van der Waals surface area contributed by atoms with Crippen molar-refractivity contribution in [2.45, 2.75) is 31.8 Å². The second kappa shape index (κ2) is 6.02. The number of carboxylic acid groups (broad SMARTS) is 1. The minimum Gasteiger partial charge on any atom is -0.480 e. The van der Waals surface area contributed by atoms with Gasteiger partial charge in [0.05, 0.1) is 0 Å². The fourth-order valence-electron chi connectivity index (χ4n) is 2.03. The van der Waals surface area contributed by atoms with E-state index in [2.05, 4.69) is 5.32 Å². The molecule has 0 amide bonds. The van der Waals surface area contributed by atoms with Gasteiger partial charge in [0.25, 0.3) is 0 Å². The number of benzene rings is 1. The van der Waals surface area contributed by atoms with Crippen LogP contribution < -0.4 is 10.2 Å². The van der Waals surface area contributed by atoms with E-state index in [-0.39, 0.29) is 5.82 Å². The first-order valence-corrected chi connectivity index (χ1v) is 6.59. The molecule has 0 bridgehead atoms. The molecule has 1 aromatic carbocycles. The van der Waals surface area contributed by atoms with Gasteiger partial charge in [-0.15, -0.1) is 0 Å². The quantitative estimate of drug-likeness (QED) is 0.791. The summed E-state index contributed by atoms with van der Waals surface area (Å²) in [7, 11) is 0. The smallest absolute Gasteiger partial charge is 0.322 e. The molecule has 104 valence electrons. The molecule has 0 aliphatic heterocycles. The van der Waals surface area contributed by atoms with Gasteiger partial charge >= 0.3 is 5.97 Å². The minimum absolute atomic E-state index is 0.286. The molecule has 1 unspecified atom stereocenters. The maximum absolute atomic E-state index is 12.9. The Morgan fingerprint density at radius 3 is 2.58 bits per heavy atom. The Hall–Kier alpha value is -1.62. The standard InChI is InChI=1S/C14H19FN2O2/c1-2-17(12-7-3-10(15)4-8-12)9-13(14(18)19)16-11-5-6-11/h3-4,7-8,11,13,16H,2,5-6,9H2,1H3,(H,18,19). The van der Waals surface area contributed by atoms with E-state index in [9.17, 15) is 14.3 Å². The number of rotatable bonds is 7. The van der Waals surface area contributed by atoms with Crippen molar-refractivity contribution in [3.05, 3.63) is 30.1 Å². The van der Waals surface area contributed by atoms with Gasteiger partial charge in [0.15, 0.2) is 0 Å². The third-order valence-electron chi connectivity index (χ3n) is 3.29. The highest BCUT2D eigenvalue weighted by Crippen LogP contribution is 2.20. The lowest BCUT2D eigenvalue weighted by Crippen LogP contribution is -2.47. The number of aliphatic carboxylic acids is 1. The fraction of sp³-hybridized carbons (Fsp3) is 0.500. The SMILES string of the molecule is CCN(CC(NC1CC1)C(=O)O)c1ccc(F)cc1. The van der Waals surface area contributed by atoms with Gasteiger partial charge in [0, 0.05) is 24.8 Å². The first-order chi connectivity index (χ1) is 9.10. The Kier molecular flexibility index (Phi) is 4.37. The number of halogens is 1. The van der Waals surface area contributed by atoms with E-state index in [0.717, 1.165) is 18.5 Å². The lowest BCUT2D eigenvalue weighted by molar-refractivity contribution is -0.139. The molecule has 2 rings (SSSR count). The molecule has 2 N–H and O–H groups in total. The molecule has 4 nitrogen and oxygen atoms in total. The third kappa shape index (κ3) is 3.92. The van der Waals surface area contributed by atoms with Crippen molar-refractivity contribution >= 4 is 11.7 Å². The molecule has 5 heteroatoms. The van der Waals surface area contributed by atoms with Crippen molar-refractivity contribution in [1.82, 2.24) is 5.32 Å². The normalized spacial score (nSPS) is 16.1. The molecule has 0 heterocycles. The summed E-state index contributed by atoms with van der Waals surface area (Å²) in [6.45, 7) is 3.02. The van der Waals surface area contributed by atoms with Crippen LogP contribution in [-0.2, 0) is 4.79 Å². The molecule has 1 fully saturated rings. The van der Waals surface area contributed by atoms with Gasteiger partial charge in [-0.25, -0.2) is 4.39 Å². The summed E-state index contributed by atoms with van der Waals surface area (Å²) in [6, 6.07) is 5.89. The summed E-state index contributed by atoms with van der Waals surface area (Å²) in [5, 5.41) is 12.4. The highest BCUT2D eigenvalue weighted by Gasteiger charge is 2.29. The van der Waals surface area contributed by atoms with Crippen LogP contribution in [0, 0.1) is 5.82 Å². The molecule has 0 aromatic heterocycles. The number of nitrogens with one attached hydrogen (secondary N) is 1. The van der Waals surface area contributed by atoms with E-state index in [0.29, 0.717) is 19.1 Å². The van der Waals surface area contributed by atoms with Crippen molar-refractivity contribution < 1.29 is 14.3 Å². The summed E-state index contributed by atoms with van der Waals surface area (Å²) >= 11 is 0. The van der Waals surface area contributed by atoms with Crippen molar-refractivity contribution in [3.8, 4) is 0 Å². The zero-order valence-corrected chi connectivity index (χ0v) is 11.0. The molecule has 1 aliphatic rings. The van der Waals surface area contributed by atoms with Gasteiger partial charge in [-0.2, -0.15) is 0 Å². The molecule has 1 aromatic rings. The number of hydrogen-bond donors (Lipinski definition) is 2. The summed E-state index contributed by atoms with van der Waals surface area (Å²) in [5.41, 5.74) is 0.841. The molecule has 1 aliphatic carbocycles. The predicted octanol–water partition coefficient (Wildman–Crippen LogP) is 1.86. The number of anilines is 1. The Morgan fingerprint density at radius 2 is 2.11 bits per heavy atom. The second-order valence-corrected chi connectivity index (χ2v) is 4.85. The Balaban J connectivity index is 2.03. The van der Waals surface area contributed by atoms with Crippen LogP contribution in [0.2, 0.25) is 0 Å². The highest BCUT2D eigenvalue weighted by molar-refractivity contribution is 5.74. The van der Waals surface area contributed by atoms with Gasteiger partial charge in [-0.3, -0.25) is 4.79 Å². The third-order valence-corrected chi connectivity index (χ3v) is 3.29. The van der Waals surface area contributed by atoms with Crippen LogP contribution in [-0.4, -0.2) is 36.2 Å². The van der Waals surface area contributed by atoms with E-state index in [1.54, 1.807) is 12.1 Å². The number of hydrogen-bond acceptors (Lipinski definition) is 3. The summed E-state index contributed by atoms with van der Waals surface area (Å²) in [4.78, 5) is 13.2. The molecule has 1 saturated carbocycles. The zero-order chi connectivity index (χ0) is 13.8. The van der Waals surface area contributed by atoms with Gasteiger partial charge in [-0.1, -0.05) is 0 Å². The maximum Gasteiger partial charge on any atom is 0.322 e. The van der Waals surface area contributed by atoms with Gasteiger partial charge < -0.3 is 15.3 Å². The van der Waals surface area contributed by atoms with Crippen LogP contribution in [0.5, 0.6) is 0 Å². The van der Waals surface area contributed by atoms with E-state index in [4.69, 9.17) is 0 Å². The van der Waals surface area contributed by atoms with Crippen molar-refractivity contribution in [3.63, 3.8) is 0 Å². The van der Waals surface area contributed by atoms with Crippen LogP contribution in [0.25, 0.3) is 0 Å². The van der Waals surface area contributed by atoms with E-state index < -0.39 is 12.0 Å². The minimum atomic E-state index is -0.840. The Morgan fingerprint density at radius 1 is 1.47 bits per heavy atom. The van der Waals surface area contributed by atoms with Crippen LogP contribution in [0.15, 0.2) is 24.3 Å². The predicted molar refractivity (Wildman–Crippen MR) is 71.9 cm³/mol. The van der Waals surface area contributed by atoms with Gasteiger partial charge in [0.1, 0.15) is 11.9 Å². The molecule has 1 atom stereocenters. The first-order valence-electron chi connectivity index (χ1n) is 6.59. The summed E-state index contributed by atoms with van der Waals surface area (Å²) in [5.74, 6) is -1.13. The van der Waals surface area contributed by atoms with Gasteiger partial charge in [0.2, 0.25) is 0 Å². The molecule has 19 heavy (non-hydrogen) atoms. The van der Waals surface area contributed by atoms with Crippen LogP contribution in [0.4, 0.5) is 10.1 Å². The first kappa shape index (κ1) is 13.8. The largest absolute Gasteiger partial charge is 0.480 e. The Bertz CT molecular complexity index is 432. The van der Waals surface area contributed by atoms with E-state index >= 15 is 0 Å². The topological polar surface area (TPSA) is 52.6 Å².